The highest BCUT2D eigenvalue weighted by molar-refractivity contribution is 5.97. The standard InChI is InChI=1S/C19H23N3O5/c1-11(2)16-21-18(27-22-16)15(12-6-8-26-9-7-12)20-17(23)13-4-3-5-14(10-13)19(24)25/h3-5,10-12,15H,6-9H2,1-2H3,(H,20,23)(H,24,25). The first-order chi connectivity index (χ1) is 13.0. The fourth-order valence-corrected chi connectivity index (χ4v) is 3.06. The third kappa shape index (κ3) is 4.51. The van der Waals surface area contributed by atoms with Gasteiger partial charge in [0, 0.05) is 24.7 Å². The van der Waals surface area contributed by atoms with Crippen LogP contribution in [0.1, 0.15) is 71.1 Å². The number of hydrogen-bond donors (Lipinski definition) is 2. The Bertz CT molecular complexity index is 811. The number of nitrogens with zero attached hydrogens (tertiary/aromatic N) is 2. The quantitative estimate of drug-likeness (QED) is 0.800. The summed E-state index contributed by atoms with van der Waals surface area (Å²) in [5, 5.41) is 16.1. The van der Waals surface area contributed by atoms with Crippen molar-refractivity contribution in [2.45, 2.75) is 38.6 Å². The third-order valence-corrected chi connectivity index (χ3v) is 4.64. The molecule has 8 nitrogen and oxygen atoms in total. The Morgan fingerprint density at radius 2 is 1.93 bits per heavy atom. The molecule has 1 saturated heterocycles. The van der Waals surface area contributed by atoms with Crippen LogP contribution >= 0.6 is 0 Å². The lowest BCUT2D eigenvalue weighted by molar-refractivity contribution is 0.0467. The Morgan fingerprint density at radius 1 is 1.22 bits per heavy atom. The van der Waals surface area contributed by atoms with Crippen molar-refractivity contribution in [3.05, 3.63) is 47.1 Å². The van der Waals surface area contributed by atoms with Gasteiger partial charge in [0.25, 0.3) is 5.91 Å². The number of aromatic carboxylic acids is 1. The second-order valence-electron chi connectivity index (χ2n) is 6.93. The monoisotopic (exact) mass is 373 g/mol. The van der Waals surface area contributed by atoms with Crippen LogP contribution in [0.25, 0.3) is 0 Å². The summed E-state index contributed by atoms with van der Waals surface area (Å²) < 4.78 is 10.8. The predicted octanol–water partition coefficient (Wildman–Crippen LogP) is 2.79. The molecule has 0 aliphatic carbocycles. The summed E-state index contributed by atoms with van der Waals surface area (Å²) in [6.45, 7) is 5.15. The van der Waals surface area contributed by atoms with Gasteiger partial charge in [-0.15, -0.1) is 0 Å². The molecule has 0 radical (unpaired) electrons. The summed E-state index contributed by atoms with van der Waals surface area (Å²) in [5.41, 5.74) is 0.334. The minimum atomic E-state index is -1.08. The number of aromatic nitrogens is 2. The van der Waals surface area contributed by atoms with E-state index in [1.165, 1.54) is 12.1 Å². The SMILES string of the molecule is CC(C)c1noc(C(NC(=O)c2cccc(C(=O)O)c2)C2CCOCC2)n1. The molecule has 1 aliphatic heterocycles. The predicted molar refractivity (Wildman–Crippen MR) is 95.5 cm³/mol. The van der Waals surface area contributed by atoms with Gasteiger partial charge in [-0.2, -0.15) is 4.98 Å². The van der Waals surface area contributed by atoms with E-state index in [-0.39, 0.29) is 28.9 Å². The summed E-state index contributed by atoms with van der Waals surface area (Å²) >= 11 is 0. The van der Waals surface area contributed by atoms with Crippen molar-refractivity contribution in [1.82, 2.24) is 15.5 Å². The van der Waals surface area contributed by atoms with Crippen molar-refractivity contribution in [3.8, 4) is 0 Å². The molecule has 2 N–H and O–H groups in total. The van der Waals surface area contributed by atoms with E-state index in [1.807, 2.05) is 13.8 Å². The zero-order chi connectivity index (χ0) is 19.4. The van der Waals surface area contributed by atoms with Gasteiger partial charge in [0.05, 0.1) is 5.56 Å². The Kier molecular flexibility index (Phi) is 5.85. The van der Waals surface area contributed by atoms with Gasteiger partial charge in [-0.1, -0.05) is 25.1 Å². The maximum absolute atomic E-state index is 12.8. The minimum absolute atomic E-state index is 0.0603. The van der Waals surface area contributed by atoms with Crippen molar-refractivity contribution in [1.29, 1.82) is 0 Å². The summed E-state index contributed by atoms with van der Waals surface area (Å²) in [7, 11) is 0. The highest BCUT2D eigenvalue weighted by Gasteiger charge is 2.32. The van der Waals surface area contributed by atoms with Crippen LogP contribution in [0.2, 0.25) is 0 Å². The molecule has 1 fully saturated rings. The Hall–Kier alpha value is -2.74. The Morgan fingerprint density at radius 3 is 2.56 bits per heavy atom. The molecule has 144 valence electrons. The number of carbonyl (C=O) groups is 2. The third-order valence-electron chi connectivity index (χ3n) is 4.64. The maximum atomic E-state index is 12.8. The molecular formula is C19H23N3O5. The van der Waals surface area contributed by atoms with E-state index < -0.39 is 12.0 Å². The molecule has 1 amide bonds. The van der Waals surface area contributed by atoms with Gasteiger partial charge in [0.15, 0.2) is 5.82 Å². The summed E-state index contributed by atoms with van der Waals surface area (Å²) in [6.07, 6.45) is 1.53. The molecule has 8 heteroatoms. The second-order valence-corrected chi connectivity index (χ2v) is 6.93. The van der Waals surface area contributed by atoms with Gasteiger partial charge in [-0.3, -0.25) is 4.79 Å². The number of nitrogens with one attached hydrogen (secondary N) is 1. The molecule has 0 saturated carbocycles. The van der Waals surface area contributed by atoms with E-state index >= 15 is 0 Å². The molecule has 1 aromatic carbocycles. The number of amides is 1. The maximum Gasteiger partial charge on any atom is 0.335 e. The van der Waals surface area contributed by atoms with E-state index in [4.69, 9.17) is 14.4 Å². The van der Waals surface area contributed by atoms with E-state index in [1.54, 1.807) is 12.1 Å². The molecule has 2 heterocycles. The van der Waals surface area contributed by atoms with E-state index in [0.29, 0.717) is 24.9 Å². The van der Waals surface area contributed by atoms with Crippen LogP contribution in [-0.4, -0.2) is 40.3 Å². The van der Waals surface area contributed by atoms with Gasteiger partial charge < -0.3 is 19.7 Å². The van der Waals surface area contributed by atoms with Crippen molar-refractivity contribution < 1.29 is 24.0 Å². The van der Waals surface area contributed by atoms with Crippen molar-refractivity contribution >= 4 is 11.9 Å². The van der Waals surface area contributed by atoms with Gasteiger partial charge in [-0.25, -0.2) is 4.79 Å². The van der Waals surface area contributed by atoms with E-state index in [9.17, 15) is 9.59 Å². The van der Waals surface area contributed by atoms with Gasteiger partial charge in [0.2, 0.25) is 5.89 Å². The average molecular weight is 373 g/mol. The molecule has 0 bridgehead atoms. The van der Waals surface area contributed by atoms with Crippen LogP contribution < -0.4 is 5.32 Å². The molecule has 1 aliphatic rings. The number of benzene rings is 1. The lowest BCUT2D eigenvalue weighted by atomic mass is 9.91. The van der Waals surface area contributed by atoms with Crippen LogP contribution in [0.4, 0.5) is 0 Å². The number of carboxylic acid groups (broad SMARTS) is 1. The molecule has 1 aromatic heterocycles. The average Bonchev–Trinajstić information content (AvgIpc) is 3.17. The number of carbonyl (C=O) groups excluding carboxylic acids is 1. The van der Waals surface area contributed by atoms with E-state index in [2.05, 4.69) is 15.5 Å². The number of ether oxygens (including phenoxy) is 1. The zero-order valence-electron chi connectivity index (χ0n) is 15.3. The highest BCUT2D eigenvalue weighted by Crippen LogP contribution is 2.30. The molecule has 2 aromatic rings. The van der Waals surface area contributed by atoms with Crippen LogP contribution in [-0.2, 0) is 4.74 Å². The van der Waals surface area contributed by atoms with Gasteiger partial charge >= 0.3 is 5.97 Å². The Balaban J connectivity index is 1.85. The molecule has 27 heavy (non-hydrogen) atoms. The number of hydrogen-bond acceptors (Lipinski definition) is 6. The first kappa shape index (κ1) is 19.0. The van der Waals surface area contributed by atoms with Gasteiger partial charge in [0.1, 0.15) is 6.04 Å². The minimum Gasteiger partial charge on any atom is -0.478 e. The fourth-order valence-electron chi connectivity index (χ4n) is 3.06. The van der Waals surface area contributed by atoms with Gasteiger partial charge in [-0.05, 0) is 37.0 Å². The first-order valence-electron chi connectivity index (χ1n) is 9.01. The van der Waals surface area contributed by atoms with Crippen LogP contribution in [0.5, 0.6) is 0 Å². The van der Waals surface area contributed by atoms with Crippen molar-refractivity contribution in [2.75, 3.05) is 13.2 Å². The first-order valence-corrected chi connectivity index (χ1v) is 9.01. The number of rotatable bonds is 6. The fraction of sp³-hybridized carbons (Fsp3) is 0.474. The second kappa shape index (κ2) is 8.30. The van der Waals surface area contributed by atoms with Crippen LogP contribution in [0.3, 0.4) is 0 Å². The van der Waals surface area contributed by atoms with E-state index in [0.717, 1.165) is 12.8 Å². The molecule has 3 rings (SSSR count). The highest BCUT2D eigenvalue weighted by atomic mass is 16.5. The largest absolute Gasteiger partial charge is 0.478 e. The lowest BCUT2D eigenvalue weighted by Gasteiger charge is -2.28. The zero-order valence-corrected chi connectivity index (χ0v) is 15.3. The Labute approximate surface area is 156 Å². The lowest BCUT2D eigenvalue weighted by Crippen LogP contribution is -2.36. The smallest absolute Gasteiger partial charge is 0.335 e. The van der Waals surface area contributed by atoms with Crippen molar-refractivity contribution in [3.63, 3.8) is 0 Å². The van der Waals surface area contributed by atoms with Crippen molar-refractivity contribution in [2.24, 2.45) is 5.92 Å². The van der Waals surface area contributed by atoms with Crippen LogP contribution in [0.15, 0.2) is 28.8 Å². The molecule has 1 unspecified atom stereocenters. The van der Waals surface area contributed by atoms with Crippen LogP contribution in [0, 0.1) is 5.92 Å². The normalized spacial score (nSPS) is 16.3. The number of carboxylic acids is 1. The molecule has 1 atom stereocenters. The topological polar surface area (TPSA) is 115 Å². The molecular weight excluding hydrogens is 350 g/mol. The summed E-state index contributed by atoms with van der Waals surface area (Å²) in [6, 6.07) is 5.48. The summed E-state index contributed by atoms with van der Waals surface area (Å²) in [5.74, 6) is -0.285. The summed E-state index contributed by atoms with van der Waals surface area (Å²) in [4.78, 5) is 28.4. The molecule has 0 spiro atoms.